The third-order valence-corrected chi connectivity index (χ3v) is 6.30. The molecule has 186 valence electrons. The summed E-state index contributed by atoms with van der Waals surface area (Å²) in [5.41, 5.74) is 7.90. The van der Waals surface area contributed by atoms with Crippen molar-refractivity contribution in [1.29, 1.82) is 0 Å². The molecule has 8 nitrogen and oxygen atoms in total. The van der Waals surface area contributed by atoms with E-state index in [1.54, 1.807) is 4.68 Å². The van der Waals surface area contributed by atoms with Crippen molar-refractivity contribution in [1.82, 2.24) is 24.7 Å². The summed E-state index contributed by atoms with van der Waals surface area (Å²) in [6.07, 6.45) is 1.82. The molecule has 2 aromatic heterocycles. The quantitative estimate of drug-likeness (QED) is 0.155. The first-order chi connectivity index (χ1) is 18.5. The Labute approximate surface area is 220 Å². The topological polar surface area (TPSA) is 92.9 Å². The number of benzene rings is 4. The number of aryl methyl sites for hydroxylation is 3. The molecule has 0 unspecified atom stereocenters. The maximum Gasteiger partial charge on any atom is 0.257 e. The van der Waals surface area contributed by atoms with Crippen LogP contribution in [0.2, 0.25) is 0 Å². The molecular weight excluding hydrogens is 472 g/mol. The molecule has 0 aliphatic heterocycles. The molecule has 0 fully saturated rings. The predicted molar refractivity (Wildman–Crippen MR) is 154 cm³/mol. The van der Waals surface area contributed by atoms with Crippen molar-refractivity contribution < 1.29 is 0 Å². The average Bonchev–Trinajstić information content (AvgIpc) is 3.27. The van der Waals surface area contributed by atoms with E-state index < -0.39 is 0 Å². The molecule has 0 spiro atoms. The number of hydrogen-bond donors (Lipinski definition) is 2. The highest BCUT2D eigenvalue weighted by molar-refractivity contribution is 6.13. The van der Waals surface area contributed by atoms with Gasteiger partial charge in [-0.1, -0.05) is 66.2 Å². The van der Waals surface area contributed by atoms with Crippen molar-refractivity contribution in [2.45, 2.75) is 20.8 Å². The Balaban J connectivity index is 1.38. The van der Waals surface area contributed by atoms with Crippen molar-refractivity contribution >= 4 is 45.3 Å². The van der Waals surface area contributed by atoms with Crippen LogP contribution in [0.25, 0.3) is 27.5 Å². The highest BCUT2D eigenvalue weighted by Crippen LogP contribution is 2.27. The van der Waals surface area contributed by atoms with Crippen LogP contribution in [-0.4, -0.2) is 30.9 Å². The van der Waals surface area contributed by atoms with Crippen LogP contribution in [0.5, 0.6) is 0 Å². The summed E-state index contributed by atoms with van der Waals surface area (Å²) >= 11 is 0. The summed E-state index contributed by atoms with van der Waals surface area (Å²) in [6, 6.07) is 28.8. The van der Waals surface area contributed by atoms with E-state index >= 15 is 0 Å². The van der Waals surface area contributed by atoms with Crippen LogP contribution in [0, 0.1) is 20.8 Å². The minimum atomic E-state index is 0.304. The van der Waals surface area contributed by atoms with Crippen LogP contribution >= 0.6 is 0 Å². The van der Waals surface area contributed by atoms with Crippen molar-refractivity contribution in [2.24, 2.45) is 5.10 Å². The van der Waals surface area contributed by atoms with E-state index in [9.17, 15) is 0 Å². The lowest BCUT2D eigenvalue weighted by Crippen LogP contribution is -2.11. The molecule has 6 aromatic rings. The lowest BCUT2D eigenvalue weighted by molar-refractivity contribution is 0.767. The van der Waals surface area contributed by atoms with Crippen LogP contribution in [0.15, 0.2) is 90.0 Å². The first kappa shape index (κ1) is 23.3. The molecular formula is C30H26N8. The Bertz CT molecular complexity index is 1750. The molecule has 38 heavy (non-hydrogen) atoms. The molecule has 2 heterocycles. The minimum Gasteiger partial charge on any atom is -0.324 e. The van der Waals surface area contributed by atoms with Gasteiger partial charge in [0, 0.05) is 16.9 Å². The number of nitrogens with zero attached hydrogens (tertiary/aromatic N) is 6. The summed E-state index contributed by atoms with van der Waals surface area (Å²) in [4.78, 5) is 13.8. The Morgan fingerprint density at radius 2 is 1.39 bits per heavy atom. The number of hydrazone groups is 1. The lowest BCUT2D eigenvalue weighted by Gasteiger charge is -2.10. The molecule has 6 rings (SSSR count). The smallest absolute Gasteiger partial charge is 0.257 e. The summed E-state index contributed by atoms with van der Waals surface area (Å²) in [5.74, 6) is 1.09. The van der Waals surface area contributed by atoms with Crippen molar-refractivity contribution in [2.75, 3.05) is 10.7 Å². The van der Waals surface area contributed by atoms with E-state index in [4.69, 9.17) is 0 Å². The van der Waals surface area contributed by atoms with Crippen LogP contribution in [0.4, 0.5) is 17.6 Å². The zero-order valence-electron chi connectivity index (χ0n) is 21.3. The molecule has 0 saturated carbocycles. The van der Waals surface area contributed by atoms with E-state index in [-0.39, 0.29) is 0 Å². The van der Waals surface area contributed by atoms with Crippen LogP contribution in [0.1, 0.15) is 22.5 Å². The number of hydrogen-bond acceptors (Lipinski definition) is 7. The second kappa shape index (κ2) is 9.74. The molecule has 0 amide bonds. The number of nitrogens with one attached hydrogen (secondary N) is 2. The average molecular weight is 499 g/mol. The van der Waals surface area contributed by atoms with E-state index in [0.29, 0.717) is 17.8 Å². The van der Waals surface area contributed by atoms with Crippen molar-refractivity contribution in [3.05, 3.63) is 107 Å². The SMILES string of the molecule is Cc1ccc(Nc2nc(NN=Cc3c4ccccc4cc4ccccc34)nc(-n3nc(C)cc3C)n2)cc1. The predicted octanol–water partition coefficient (Wildman–Crippen LogP) is 6.48. The molecule has 0 bridgehead atoms. The van der Waals surface area contributed by atoms with E-state index in [1.807, 2.05) is 81.6 Å². The standard InChI is InChI=1S/C30H26N8/c1-19-12-14-24(15-13-19)32-28-33-29(35-30(34-28)38-21(3)16-20(2)37-38)36-31-18-27-25-10-6-4-8-22(25)17-23-9-5-7-11-26(23)27/h4-18H,1-3H3,(H2,32,33,34,35,36). The van der Waals surface area contributed by atoms with Crippen molar-refractivity contribution in [3.8, 4) is 5.95 Å². The zero-order chi connectivity index (χ0) is 26.1. The Morgan fingerprint density at radius 1 is 0.737 bits per heavy atom. The molecule has 0 radical (unpaired) electrons. The van der Waals surface area contributed by atoms with Gasteiger partial charge >= 0.3 is 0 Å². The van der Waals surface area contributed by atoms with Gasteiger partial charge in [0.1, 0.15) is 0 Å². The van der Waals surface area contributed by atoms with Gasteiger partial charge in [-0.2, -0.15) is 25.2 Å². The fraction of sp³-hybridized carbons (Fsp3) is 0.100. The zero-order valence-corrected chi connectivity index (χ0v) is 21.3. The largest absolute Gasteiger partial charge is 0.324 e. The van der Waals surface area contributed by atoms with Crippen molar-refractivity contribution in [3.63, 3.8) is 0 Å². The maximum atomic E-state index is 4.62. The fourth-order valence-electron chi connectivity index (χ4n) is 4.51. The highest BCUT2D eigenvalue weighted by Gasteiger charge is 2.12. The third kappa shape index (κ3) is 4.67. The summed E-state index contributed by atoms with van der Waals surface area (Å²) in [6.45, 7) is 5.95. The Hall–Kier alpha value is -5.11. The molecule has 8 heteroatoms. The van der Waals surface area contributed by atoms with E-state index in [2.05, 4.69) is 66.2 Å². The highest BCUT2D eigenvalue weighted by atomic mass is 15.4. The Morgan fingerprint density at radius 3 is 2.05 bits per heavy atom. The maximum absolute atomic E-state index is 4.62. The monoisotopic (exact) mass is 498 g/mol. The number of anilines is 3. The summed E-state index contributed by atoms with van der Waals surface area (Å²) in [5, 5.41) is 16.9. The molecule has 4 aromatic carbocycles. The third-order valence-electron chi connectivity index (χ3n) is 6.30. The van der Waals surface area contributed by atoms with Crippen LogP contribution < -0.4 is 10.7 Å². The first-order valence-corrected chi connectivity index (χ1v) is 12.4. The van der Waals surface area contributed by atoms with Gasteiger partial charge in [-0.05, 0) is 66.6 Å². The van der Waals surface area contributed by atoms with Crippen LogP contribution in [0.3, 0.4) is 0 Å². The van der Waals surface area contributed by atoms with Gasteiger partial charge in [-0.25, -0.2) is 10.1 Å². The molecule has 0 saturated heterocycles. The molecule has 0 atom stereocenters. The molecule has 0 aliphatic carbocycles. The second-order valence-electron chi connectivity index (χ2n) is 9.22. The normalized spacial score (nSPS) is 11.4. The first-order valence-electron chi connectivity index (χ1n) is 12.4. The van der Waals surface area contributed by atoms with E-state index in [1.165, 1.54) is 5.56 Å². The van der Waals surface area contributed by atoms with Crippen LogP contribution in [-0.2, 0) is 0 Å². The van der Waals surface area contributed by atoms with Gasteiger partial charge in [0.15, 0.2) is 0 Å². The lowest BCUT2D eigenvalue weighted by atomic mass is 9.97. The van der Waals surface area contributed by atoms with Gasteiger partial charge in [0.2, 0.25) is 11.9 Å². The fourth-order valence-corrected chi connectivity index (χ4v) is 4.51. The Kier molecular flexibility index (Phi) is 5.97. The van der Waals surface area contributed by atoms with Gasteiger partial charge < -0.3 is 5.32 Å². The van der Waals surface area contributed by atoms with Gasteiger partial charge in [0.05, 0.1) is 11.9 Å². The summed E-state index contributed by atoms with van der Waals surface area (Å²) in [7, 11) is 0. The number of fused-ring (bicyclic) bond motifs is 2. The van der Waals surface area contributed by atoms with Gasteiger partial charge in [-0.3, -0.25) is 0 Å². The minimum absolute atomic E-state index is 0.304. The molecule has 0 aliphatic rings. The van der Waals surface area contributed by atoms with Gasteiger partial charge in [0.25, 0.3) is 5.95 Å². The number of rotatable bonds is 6. The number of aromatic nitrogens is 5. The molecule has 2 N–H and O–H groups in total. The second-order valence-corrected chi connectivity index (χ2v) is 9.22. The summed E-state index contributed by atoms with van der Waals surface area (Å²) < 4.78 is 1.70. The van der Waals surface area contributed by atoms with Gasteiger partial charge in [-0.15, -0.1) is 0 Å². The van der Waals surface area contributed by atoms with E-state index in [0.717, 1.165) is 44.2 Å².